The van der Waals surface area contributed by atoms with Crippen LogP contribution in [0.2, 0.25) is 0 Å². The third-order valence-corrected chi connectivity index (χ3v) is 2.50. The van der Waals surface area contributed by atoms with Gasteiger partial charge in [-0.3, -0.25) is 4.90 Å². The normalized spacial score (nSPS) is 31.2. The first-order valence-electron chi connectivity index (χ1n) is 4.24. The number of likely N-dealkylation sites (tertiary alicyclic amines) is 1. The SMILES string of the molecule is CN1CCC(N)C1c1ncc[nH]1. The van der Waals surface area contributed by atoms with Crippen LogP contribution >= 0.6 is 0 Å². The van der Waals surface area contributed by atoms with Gasteiger partial charge in [-0.1, -0.05) is 0 Å². The number of aromatic amines is 1. The fraction of sp³-hybridized carbons (Fsp3) is 0.625. The van der Waals surface area contributed by atoms with Crippen LogP contribution in [-0.4, -0.2) is 34.5 Å². The predicted molar refractivity (Wildman–Crippen MR) is 46.6 cm³/mol. The molecule has 1 aromatic heterocycles. The molecule has 0 saturated carbocycles. The number of nitrogens with one attached hydrogen (secondary N) is 1. The van der Waals surface area contributed by atoms with E-state index in [9.17, 15) is 0 Å². The van der Waals surface area contributed by atoms with Crippen LogP contribution in [0.15, 0.2) is 12.4 Å². The monoisotopic (exact) mass is 166 g/mol. The summed E-state index contributed by atoms with van der Waals surface area (Å²) >= 11 is 0. The Morgan fingerprint density at radius 3 is 3.08 bits per heavy atom. The highest BCUT2D eigenvalue weighted by molar-refractivity contribution is 5.03. The number of nitrogens with zero attached hydrogens (tertiary/aromatic N) is 2. The molecule has 2 heterocycles. The second-order valence-corrected chi connectivity index (χ2v) is 3.35. The summed E-state index contributed by atoms with van der Waals surface area (Å²) in [7, 11) is 2.08. The summed E-state index contributed by atoms with van der Waals surface area (Å²) in [5.74, 6) is 0.988. The van der Waals surface area contributed by atoms with Crippen molar-refractivity contribution < 1.29 is 0 Å². The van der Waals surface area contributed by atoms with Gasteiger partial charge >= 0.3 is 0 Å². The van der Waals surface area contributed by atoms with Gasteiger partial charge in [-0.25, -0.2) is 4.98 Å². The lowest BCUT2D eigenvalue weighted by Crippen LogP contribution is -2.30. The molecule has 4 nitrogen and oxygen atoms in total. The Labute approximate surface area is 71.8 Å². The van der Waals surface area contributed by atoms with E-state index in [1.165, 1.54) is 0 Å². The minimum atomic E-state index is 0.223. The van der Waals surface area contributed by atoms with Crippen molar-refractivity contribution in [3.8, 4) is 0 Å². The highest BCUT2D eigenvalue weighted by atomic mass is 15.2. The van der Waals surface area contributed by atoms with Gasteiger partial charge in [0.1, 0.15) is 5.82 Å². The molecule has 3 N–H and O–H groups in total. The number of aromatic nitrogens is 2. The number of hydrogen-bond donors (Lipinski definition) is 2. The molecule has 2 unspecified atom stereocenters. The molecule has 0 amide bonds. The summed E-state index contributed by atoms with van der Waals surface area (Å²) in [5.41, 5.74) is 5.96. The number of nitrogens with two attached hydrogens (primary N) is 1. The van der Waals surface area contributed by atoms with Gasteiger partial charge in [-0.05, 0) is 13.5 Å². The molecule has 1 saturated heterocycles. The number of likely N-dealkylation sites (N-methyl/N-ethyl adjacent to an activating group) is 1. The molecule has 1 aliphatic rings. The molecule has 0 radical (unpaired) electrons. The fourth-order valence-electron chi connectivity index (χ4n) is 1.83. The lowest BCUT2D eigenvalue weighted by Gasteiger charge is -2.19. The second-order valence-electron chi connectivity index (χ2n) is 3.35. The Morgan fingerprint density at radius 1 is 1.75 bits per heavy atom. The average Bonchev–Trinajstić information content (AvgIpc) is 2.61. The molecule has 1 aromatic rings. The minimum Gasteiger partial charge on any atom is -0.347 e. The molecule has 66 valence electrons. The molecule has 1 fully saturated rings. The van der Waals surface area contributed by atoms with Crippen molar-refractivity contribution in [1.29, 1.82) is 0 Å². The molecule has 4 heteroatoms. The van der Waals surface area contributed by atoms with E-state index < -0.39 is 0 Å². The molecule has 0 aliphatic carbocycles. The molecule has 1 aliphatic heterocycles. The first-order valence-corrected chi connectivity index (χ1v) is 4.24. The maximum Gasteiger partial charge on any atom is 0.125 e. The highest BCUT2D eigenvalue weighted by Gasteiger charge is 2.31. The zero-order valence-electron chi connectivity index (χ0n) is 7.20. The van der Waals surface area contributed by atoms with E-state index in [0.29, 0.717) is 0 Å². The summed E-state index contributed by atoms with van der Waals surface area (Å²) in [6.45, 7) is 1.06. The van der Waals surface area contributed by atoms with Gasteiger partial charge in [0, 0.05) is 25.0 Å². The zero-order valence-corrected chi connectivity index (χ0v) is 7.20. The van der Waals surface area contributed by atoms with Gasteiger partial charge in [0.15, 0.2) is 0 Å². The lowest BCUT2D eigenvalue weighted by atomic mass is 10.1. The van der Waals surface area contributed by atoms with Crippen molar-refractivity contribution in [2.45, 2.75) is 18.5 Å². The van der Waals surface area contributed by atoms with Crippen LogP contribution in [0.5, 0.6) is 0 Å². The van der Waals surface area contributed by atoms with Crippen LogP contribution in [0.4, 0.5) is 0 Å². The van der Waals surface area contributed by atoms with Gasteiger partial charge in [-0.2, -0.15) is 0 Å². The van der Waals surface area contributed by atoms with E-state index in [1.54, 1.807) is 6.20 Å². The van der Waals surface area contributed by atoms with E-state index in [1.807, 2.05) is 6.20 Å². The number of H-pyrrole nitrogens is 1. The zero-order chi connectivity index (χ0) is 8.55. The van der Waals surface area contributed by atoms with E-state index in [0.717, 1.165) is 18.8 Å². The summed E-state index contributed by atoms with van der Waals surface area (Å²) < 4.78 is 0. The van der Waals surface area contributed by atoms with Crippen molar-refractivity contribution >= 4 is 0 Å². The minimum absolute atomic E-state index is 0.223. The van der Waals surface area contributed by atoms with Crippen molar-refractivity contribution in [2.24, 2.45) is 5.73 Å². The third-order valence-electron chi connectivity index (χ3n) is 2.50. The van der Waals surface area contributed by atoms with Crippen molar-refractivity contribution in [3.05, 3.63) is 18.2 Å². The smallest absolute Gasteiger partial charge is 0.125 e. The lowest BCUT2D eigenvalue weighted by molar-refractivity contribution is 0.293. The van der Waals surface area contributed by atoms with E-state index in [-0.39, 0.29) is 12.1 Å². The topological polar surface area (TPSA) is 57.9 Å². The highest BCUT2D eigenvalue weighted by Crippen LogP contribution is 2.26. The molecule has 12 heavy (non-hydrogen) atoms. The van der Waals surface area contributed by atoms with Crippen LogP contribution in [0.3, 0.4) is 0 Å². The molecule has 0 aromatic carbocycles. The Bertz CT molecular complexity index is 234. The second kappa shape index (κ2) is 2.88. The van der Waals surface area contributed by atoms with Gasteiger partial charge in [-0.15, -0.1) is 0 Å². The van der Waals surface area contributed by atoms with Gasteiger partial charge in [0.2, 0.25) is 0 Å². The van der Waals surface area contributed by atoms with Crippen molar-refractivity contribution in [3.63, 3.8) is 0 Å². The Hall–Kier alpha value is -0.870. The van der Waals surface area contributed by atoms with Crippen LogP contribution in [0, 0.1) is 0 Å². The van der Waals surface area contributed by atoms with Crippen LogP contribution in [-0.2, 0) is 0 Å². The molecular weight excluding hydrogens is 152 g/mol. The molecular formula is C8H14N4. The molecule has 2 atom stereocenters. The van der Waals surface area contributed by atoms with E-state index >= 15 is 0 Å². The van der Waals surface area contributed by atoms with Gasteiger partial charge < -0.3 is 10.7 Å². The number of hydrogen-bond acceptors (Lipinski definition) is 3. The van der Waals surface area contributed by atoms with Gasteiger partial charge in [0.25, 0.3) is 0 Å². The first kappa shape index (κ1) is 7.76. The third kappa shape index (κ3) is 1.13. The Kier molecular flexibility index (Phi) is 1.86. The quantitative estimate of drug-likeness (QED) is 0.622. The molecule has 2 rings (SSSR count). The number of imidazole rings is 1. The maximum absolute atomic E-state index is 5.96. The standard InChI is InChI=1S/C8H14N4/c1-12-5-2-6(9)7(12)8-10-3-4-11-8/h3-4,6-7H,2,5,9H2,1H3,(H,10,11). The summed E-state index contributed by atoms with van der Waals surface area (Å²) in [6.07, 6.45) is 4.67. The fourth-order valence-corrected chi connectivity index (χ4v) is 1.83. The largest absolute Gasteiger partial charge is 0.347 e. The van der Waals surface area contributed by atoms with Crippen LogP contribution in [0.25, 0.3) is 0 Å². The first-order chi connectivity index (χ1) is 5.79. The Morgan fingerprint density at radius 2 is 2.58 bits per heavy atom. The summed E-state index contributed by atoms with van der Waals surface area (Å²) in [6, 6.07) is 0.501. The predicted octanol–water partition coefficient (Wildman–Crippen LogP) is 0.114. The van der Waals surface area contributed by atoms with Crippen LogP contribution in [0.1, 0.15) is 18.3 Å². The molecule has 0 bridgehead atoms. The van der Waals surface area contributed by atoms with Gasteiger partial charge in [0.05, 0.1) is 6.04 Å². The summed E-state index contributed by atoms with van der Waals surface area (Å²) in [4.78, 5) is 9.57. The van der Waals surface area contributed by atoms with E-state index in [2.05, 4.69) is 21.9 Å². The maximum atomic E-state index is 5.96. The Balaban J connectivity index is 2.22. The number of rotatable bonds is 1. The van der Waals surface area contributed by atoms with Crippen LogP contribution < -0.4 is 5.73 Å². The molecule has 0 spiro atoms. The van der Waals surface area contributed by atoms with Crippen molar-refractivity contribution in [2.75, 3.05) is 13.6 Å². The van der Waals surface area contributed by atoms with Crippen molar-refractivity contribution in [1.82, 2.24) is 14.9 Å². The van der Waals surface area contributed by atoms with E-state index in [4.69, 9.17) is 5.73 Å². The average molecular weight is 166 g/mol. The summed E-state index contributed by atoms with van der Waals surface area (Å²) in [5, 5.41) is 0.